The molecule has 1 aromatic heterocycles. The van der Waals surface area contributed by atoms with Crippen LogP contribution in [0.25, 0.3) is 0 Å². The van der Waals surface area contributed by atoms with Gasteiger partial charge in [-0.2, -0.15) is 5.26 Å². The van der Waals surface area contributed by atoms with Gasteiger partial charge >= 0.3 is 5.00 Å². The van der Waals surface area contributed by atoms with Crippen LogP contribution in [0, 0.1) is 21.4 Å². The SMILES string of the molecule is N#CCOc1ccc(NCc2ccc([N+](=O)[O-])s2)cc1. The van der Waals surface area contributed by atoms with Gasteiger partial charge in [0.1, 0.15) is 11.8 Å². The number of benzene rings is 1. The van der Waals surface area contributed by atoms with Gasteiger partial charge in [-0.25, -0.2) is 0 Å². The zero-order valence-corrected chi connectivity index (χ0v) is 11.2. The van der Waals surface area contributed by atoms with Crippen molar-refractivity contribution in [1.29, 1.82) is 5.26 Å². The number of anilines is 1. The molecule has 1 aromatic carbocycles. The fraction of sp³-hybridized carbons (Fsp3) is 0.154. The number of hydrogen-bond donors (Lipinski definition) is 1. The predicted molar refractivity (Wildman–Crippen MR) is 75.9 cm³/mol. The van der Waals surface area contributed by atoms with Gasteiger partial charge in [0.15, 0.2) is 6.61 Å². The second kappa shape index (κ2) is 6.54. The first kappa shape index (κ1) is 13.8. The molecule has 2 rings (SSSR count). The van der Waals surface area contributed by atoms with Crippen molar-refractivity contribution in [3.05, 3.63) is 51.4 Å². The molecule has 0 fully saturated rings. The molecule has 0 aliphatic carbocycles. The Balaban J connectivity index is 1.90. The summed E-state index contributed by atoms with van der Waals surface area (Å²) in [6.45, 7) is 0.544. The van der Waals surface area contributed by atoms with E-state index in [4.69, 9.17) is 10.00 Å². The Labute approximate surface area is 119 Å². The van der Waals surface area contributed by atoms with Gasteiger partial charge < -0.3 is 10.1 Å². The first-order valence-electron chi connectivity index (χ1n) is 5.76. The third kappa shape index (κ3) is 3.70. The maximum absolute atomic E-state index is 10.6. The van der Waals surface area contributed by atoms with Gasteiger partial charge in [-0.1, -0.05) is 11.3 Å². The molecule has 0 amide bonds. The van der Waals surface area contributed by atoms with E-state index in [-0.39, 0.29) is 11.6 Å². The summed E-state index contributed by atoms with van der Waals surface area (Å²) < 4.78 is 5.14. The molecule has 0 aliphatic rings. The van der Waals surface area contributed by atoms with Crippen LogP contribution in [0.15, 0.2) is 36.4 Å². The van der Waals surface area contributed by atoms with Crippen LogP contribution in [-0.4, -0.2) is 11.5 Å². The highest BCUT2D eigenvalue weighted by molar-refractivity contribution is 7.15. The van der Waals surface area contributed by atoms with E-state index in [0.717, 1.165) is 21.9 Å². The monoisotopic (exact) mass is 289 g/mol. The molecule has 0 unspecified atom stereocenters. The smallest absolute Gasteiger partial charge is 0.324 e. The number of nitrogens with zero attached hydrogens (tertiary/aromatic N) is 2. The number of thiophene rings is 1. The van der Waals surface area contributed by atoms with Gasteiger partial charge in [-0.3, -0.25) is 10.1 Å². The quantitative estimate of drug-likeness (QED) is 0.651. The van der Waals surface area contributed by atoms with Gasteiger partial charge in [0.2, 0.25) is 0 Å². The van der Waals surface area contributed by atoms with Crippen molar-refractivity contribution in [2.24, 2.45) is 0 Å². The molecule has 6 nitrogen and oxygen atoms in total. The molecule has 0 saturated carbocycles. The number of nitrogens with one attached hydrogen (secondary N) is 1. The molecule has 0 aliphatic heterocycles. The van der Waals surface area contributed by atoms with Crippen molar-refractivity contribution in [3.63, 3.8) is 0 Å². The minimum absolute atomic E-state index is 0.0195. The van der Waals surface area contributed by atoms with E-state index in [1.807, 2.05) is 18.2 Å². The molecular weight excluding hydrogens is 278 g/mol. The zero-order chi connectivity index (χ0) is 14.4. The Kier molecular flexibility index (Phi) is 4.52. The first-order valence-corrected chi connectivity index (χ1v) is 6.57. The Morgan fingerprint density at radius 1 is 1.30 bits per heavy atom. The molecule has 20 heavy (non-hydrogen) atoms. The summed E-state index contributed by atoms with van der Waals surface area (Å²) >= 11 is 1.15. The van der Waals surface area contributed by atoms with Crippen molar-refractivity contribution in [1.82, 2.24) is 0 Å². The average molecular weight is 289 g/mol. The van der Waals surface area contributed by atoms with E-state index in [2.05, 4.69) is 5.32 Å². The van der Waals surface area contributed by atoms with Crippen LogP contribution in [-0.2, 0) is 6.54 Å². The molecule has 0 saturated heterocycles. The Hall–Kier alpha value is -2.59. The molecule has 0 spiro atoms. The highest BCUT2D eigenvalue weighted by Crippen LogP contribution is 2.25. The van der Waals surface area contributed by atoms with Crippen LogP contribution in [0.1, 0.15) is 4.88 Å². The van der Waals surface area contributed by atoms with E-state index in [9.17, 15) is 10.1 Å². The predicted octanol–water partition coefficient (Wildman–Crippen LogP) is 3.17. The molecule has 0 bridgehead atoms. The summed E-state index contributed by atoms with van der Waals surface area (Å²) in [5, 5.41) is 22.3. The van der Waals surface area contributed by atoms with E-state index >= 15 is 0 Å². The lowest BCUT2D eigenvalue weighted by molar-refractivity contribution is -0.380. The Morgan fingerprint density at radius 2 is 2.05 bits per heavy atom. The average Bonchev–Trinajstić information content (AvgIpc) is 2.93. The number of rotatable bonds is 6. The number of nitriles is 1. The summed E-state index contributed by atoms with van der Waals surface area (Å²) in [5.74, 6) is 0.629. The van der Waals surface area contributed by atoms with Gasteiger partial charge in [0, 0.05) is 23.2 Å². The van der Waals surface area contributed by atoms with Crippen molar-refractivity contribution in [2.75, 3.05) is 11.9 Å². The van der Waals surface area contributed by atoms with Crippen molar-refractivity contribution >= 4 is 22.0 Å². The topological polar surface area (TPSA) is 88.2 Å². The summed E-state index contributed by atoms with van der Waals surface area (Å²) in [7, 11) is 0. The summed E-state index contributed by atoms with van der Waals surface area (Å²) in [6.07, 6.45) is 0. The van der Waals surface area contributed by atoms with Crippen molar-refractivity contribution in [2.45, 2.75) is 6.54 Å². The molecule has 7 heteroatoms. The van der Waals surface area contributed by atoms with Gasteiger partial charge in [-0.15, -0.1) is 0 Å². The highest BCUT2D eigenvalue weighted by atomic mass is 32.1. The third-order valence-electron chi connectivity index (χ3n) is 2.45. The highest BCUT2D eigenvalue weighted by Gasteiger charge is 2.09. The lowest BCUT2D eigenvalue weighted by Gasteiger charge is -2.06. The van der Waals surface area contributed by atoms with Crippen LogP contribution in [0.5, 0.6) is 5.75 Å². The van der Waals surface area contributed by atoms with Crippen LogP contribution in [0.2, 0.25) is 0 Å². The minimum Gasteiger partial charge on any atom is -0.479 e. The number of nitro groups is 1. The molecule has 1 heterocycles. The molecular formula is C13H11N3O3S. The molecule has 1 N–H and O–H groups in total. The largest absolute Gasteiger partial charge is 0.479 e. The molecule has 0 atom stereocenters. The van der Waals surface area contributed by atoms with Gasteiger partial charge in [0.05, 0.1) is 4.92 Å². The maximum Gasteiger partial charge on any atom is 0.324 e. The van der Waals surface area contributed by atoms with E-state index in [0.29, 0.717) is 12.3 Å². The lowest BCUT2D eigenvalue weighted by Crippen LogP contribution is -1.98. The van der Waals surface area contributed by atoms with Crippen molar-refractivity contribution < 1.29 is 9.66 Å². The zero-order valence-electron chi connectivity index (χ0n) is 10.4. The van der Waals surface area contributed by atoms with Crippen LogP contribution in [0.3, 0.4) is 0 Å². The minimum atomic E-state index is -0.393. The maximum atomic E-state index is 10.6. The molecule has 102 valence electrons. The summed E-state index contributed by atoms with van der Waals surface area (Å²) in [4.78, 5) is 11.1. The van der Waals surface area contributed by atoms with E-state index < -0.39 is 4.92 Å². The lowest BCUT2D eigenvalue weighted by atomic mass is 10.3. The Morgan fingerprint density at radius 3 is 2.65 bits per heavy atom. The second-order valence-corrected chi connectivity index (χ2v) is 4.97. The first-order chi connectivity index (χ1) is 9.69. The van der Waals surface area contributed by atoms with Gasteiger partial charge in [0.25, 0.3) is 0 Å². The number of hydrogen-bond acceptors (Lipinski definition) is 6. The normalized spacial score (nSPS) is 9.75. The van der Waals surface area contributed by atoms with Crippen LogP contribution < -0.4 is 10.1 Å². The van der Waals surface area contributed by atoms with Gasteiger partial charge in [-0.05, 0) is 30.3 Å². The molecule has 0 radical (unpaired) electrons. The van der Waals surface area contributed by atoms with Crippen molar-refractivity contribution in [3.8, 4) is 11.8 Å². The number of ether oxygens (including phenoxy) is 1. The van der Waals surface area contributed by atoms with Crippen LogP contribution in [0.4, 0.5) is 10.7 Å². The van der Waals surface area contributed by atoms with E-state index in [1.54, 1.807) is 18.2 Å². The summed E-state index contributed by atoms with van der Waals surface area (Å²) in [6, 6.07) is 12.3. The fourth-order valence-electron chi connectivity index (χ4n) is 1.53. The standard InChI is InChI=1S/C13H11N3O3S/c14-7-8-19-11-3-1-10(2-4-11)15-9-12-5-6-13(20-12)16(17)18/h1-6,15H,8-9H2. The third-order valence-corrected chi connectivity index (χ3v) is 3.49. The van der Waals surface area contributed by atoms with Crippen LogP contribution >= 0.6 is 11.3 Å². The van der Waals surface area contributed by atoms with E-state index in [1.165, 1.54) is 6.07 Å². The molecule has 2 aromatic rings. The summed E-state index contributed by atoms with van der Waals surface area (Å²) in [5.41, 5.74) is 0.880. The Bertz CT molecular complexity index is 631. The fourth-order valence-corrected chi connectivity index (χ4v) is 2.29. The second-order valence-electron chi connectivity index (χ2n) is 3.82.